The molecular formula is C17H18FN3O2. The topological polar surface area (TPSA) is 62.3 Å². The van der Waals surface area contributed by atoms with Crippen molar-refractivity contribution < 1.29 is 14.0 Å². The van der Waals surface area contributed by atoms with Gasteiger partial charge in [-0.15, -0.1) is 0 Å². The molecule has 2 rings (SSSR count). The molecule has 0 aliphatic carbocycles. The molecule has 120 valence electrons. The molecule has 23 heavy (non-hydrogen) atoms. The van der Waals surface area contributed by atoms with Gasteiger partial charge in [0.25, 0.3) is 0 Å². The molecule has 6 heteroatoms. The predicted molar refractivity (Wildman–Crippen MR) is 83.6 cm³/mol. The third kappa shape index (κ3) is 5.18. The van der Waals surface area contributed by atoms with Gasteiger partial charge in [-0.1, -0.05) is 18.2 Å². The lowest BCUT2D eigenvalue weighted by Gasteiger charge is -2.21. The first kappa shape index (κ1) is 16.6. The van der Waals surface area contributed by atoms with E-state index in [0.29, 0.717) is 12.1 Å². The van der Waals surface area contributed by atoms with Crippen molar-refractivity contribution in [2.45, 2.75) is 20.0 Å². The normalized spacial score (nSPS) is 10.2. The van der Waals surface area contributed by atoms with Crippen molar-refractivity contribution in [2.75, 3.05) is 6.54 Å². The summed E-state index contributed by atoms with van der Waals surface area (Å²) in [5.41, 5.74) is 1.29. The average Bonchev–Trinajstić information content (AvgIpc) is 2.55. The second-order valence-corrected chi connectivity index (χ2v) is 5.10. The number of hydrogen-bond acceptors (Lipinski definition) is 3. The third-order valence-electron chi connectivity index (χ3n) is 3.34. The minimum Gasteiger partial charge on any atom is -0.350 e. The van der Waals surface area contributed by atoms with Gasteiger partial charge in [0.1, 0.15) is 5.82 Å². The smallest absolute Gasteiger partial charge is 0.239 e. The third-order valence-corrected chi connectivity index (χ3v) is 3.34. The largest absolute Gasteiger partial charge is 0.350 e. The maximum atomic E-state index is 13.7. The Morgan fingerprint density at radius 3 is 2.52 bits per heavy atom. The first-order valence-corrected chi connectivity index (χ1v) is 7.21. The van der Waals surface area contributed by atoms with Gasteiger partial charge in [-0.2, -0.15) is 0 Å². The first-order valence-electron chi connectivity index (χ1n) is 7.21. The van der Waals surface area contributed by atoms with Crippen molar-refractivity contribution in [2.24, 2.45) is 0 Å². The van der Waals surface area contributed by atoms with Crippen LogP contribution in [0, 0.1) is 5.82 Å². The van der Waals surface area contributed by atoms with Gasteiger partial charge in [-0.05, 0) is 23.8 Å². The van der Waals surface area contributed by atoms with Crippen molar-refractivity contribution in [3.63, 3.8) is 0 Å². The molecule has 2 amide bonds. The Kier molecular flexibility index (Phi) is 5.80. The van der Waals surface area contributed by atoms with E-state index in [1.165, 1.54) is 17.9 Å². The molecule has 0 aliphatic rings. The van der Waals surface area contributed by atoms with Crippen LogP contribution in [0.1, 0.15) is 18.1 Å². The number of rotatable bonds is 6. The van der Waals surface area contributed by atoms with Crippen LogP contribution in [-0.4, -0.2) is 28.2 Å². The molecule has 5 nitrogen and oxygen atoms in total. The number of aromatic nitrogens is 1. The number of halogens is 1. The van der Waals surface area contributed by atoms with Crippen molar-refractivity contribution in [3.8, 4) is 0 Å². The van der Waals surface area contributed by atoms with E-state index in [9.17, 15) is 14.0 Å². The van der Waals surface area contributed by atoms with Crippen LogP contribution in [0.2, 0.25) is 0 Å². The second-order valence-electron chi connectivity index (χ2n) is 5.10. The van der Waals surface area contributed by atoms with Crippen LogP contribution in [0.4, 0.5) is 4.39 Å². The molecule has 2 aromatic rings. The highest BCUT2D eigenvalue weighted by atomic mass is 19.1. The lowest BCUT2D eigenvalue weighted by atomic mass is 10.2. The molecule has 0 radical (unpaired) electrons. The number of pyridine rings is 1. The molecule has 0 saturated carbocycles. The fraction of sp³-hybridized carbons (Fsp3) is 0.235. The molecule has 1 N–H and O–H groups in total. The molecule has 1 heterocycles. The number of nitrogens with zero attached hydrogens (tertiary/aromatic N) is 2. The van der Waals surface area contributed by atoms with Crippen LogP contribution in [-0.2, 0) is 22.7 Å². The quantitative estimate of drug-likeness (QED) is 0.885. The molecule has 0 unspecified atom stereocenters. The monoisotopic (exact) mass is 315 g/mol. The van der Waals surface area contributed by atoms with E-state index in [0.717, 1.165) is 5.56 Å². The van der Waals surface area contributed by atoms with Gasteiger partial charge >= 0.3 is 0 Å². The number of nitrogens with one attached hydrogen (secondary N) is 1. The zero-order chi connectivity index (χ0) is 16.7. The van der Waals surface area contributed by atoms with E-state index >= 15 is 0 Å². The first-order chi connectivity index (χ1) is 11.1. The number of carbonyl (C=O) groups excluding carboxylic acids is 2. The highest BCUT2D eigenvalue weighted by molar-refractivity contribution is 5.83. The van der Waals surface area contributed by atoms with E-state index in [1.807, 2.05) is 0 Å². The van der Waals surface area contributed by atoms with Crippen LogP contribution in [0.15, 0.2) is 48.8 Å². The maximum Gasteiger partial charge on any atom is 0.239 e. The van der Waals surface area contributed by atoms with Crippen LogP contribution in [0.25, 0.3) is 0 Å². The van der Waals surface area contributed by atoms with Crippen molar-refractivity contribution in [1.82, 2.24) is 15.2 Å². The average molecular weight is 315 g/mol. The zero-order valence-electron chi connectivity index (χ0n) is 12.8. The minimum atomic E-state index is -0.393. The van der Waals surface area contributed by atoms with Gasteiger partial charge in [-0.25, -0.2) is 4.39 Å². The van der Waals surface area contributed by atoms with Gasteiger partial charge < -0.3 is 10.2 Å². The summed E-state index contributed by atoms with van der Waals surface area (Å²) in [6, 6.07) is 9.79. The van der Waals surface area contributed by atoms with Crippen molar-refractivity contribution in [3.05, 3.63) is 65.7 Å². The van der Waals surface area contributed by atoms with E-state index < -0.39 is 5.82 Å². The Hall–Kier alpha value is -2.76. The van der Waals surface area contributed by atoms with Crippen LogP contribution in [0.5, 0.6) is 0 Å². The summed E-state index contributed by atoms with van der Waals surface area (Å²) < 4.78 is 13.7. The molecule has 0 bridgehead atoms. The zero-order valence-corrected chi connectivity index (χ0v) is 12.8. The van der Waals surface area contributed by atoms with Gasteiger partial charge in [0, 0.05) is 38.0 Å². The summed E-state index contributed by atoms with van der Waals surface area (Å²) in [4.78, 5) is 28.9. The summed E-state index contributed by atoms with van der Waals surface area (Å²) in [5, 5.41) is 2.73. The van der Waals surface area contributed by atoms with Gasteiger partial charge in [0.2, 0.25) is 11.8 Å². The van der Waals surface area contributed by atoms with Crippen molar-refractivity contribution in [1.29, 1.82) is 0 Å². The number of amides is 2. The fourth-order valence-corrected chi connectivity index (χ4v) is 2.04. The Balaban J connectivity index is 1.92. The summed E-state index contributed by atoms with van der Waals surface area (Å²) in [6.07, 6.45) is 3.28. The molecular weight excluding hydrogens is 297 g/mol. The maximum absolute atomic E-state index is 13.7. The second kappa shape index (κ2) is 8.03. The summed E-state index contributed by atoms with van der Waals surface area (Å²) in [6.45, 7) is 1.66. The van der Waals surface area contributed by atoms with Crippen LogP contribution >= 0.6 is 0 Å². The van der Waals surface area contributed by atoms with E-state index in [2.05, 4.69) is 10.3 Å². The predicted octanol–water partition coefficient (Wildman–Crippen LogP) is 1.89. The van der Waals surface area contributed by atoms with E-state index in [-0.39, 0.29) is 24.9 Å². The van der Waals surface area contributed by atoms with Gasteiger partial charge in [0.15, 0.2) is 0 Å². The Labute approximate surface area is 134 Å². The fourth-order valence-electron chi connectivity index (χ4n) is 2.04. The Morgan fingerprint density at radius 2 is 1.87 bits per heavy atom. The summed E-state index contributed by atoms with van der Waals surface area (Å²) >= 11 is 0. The summed E-state index contributed by atoms with van der Waals surface area (Å²) in [7, 11) is 0. The molecule has 0 aliphatic heterocycles. The number of hydrogen-bond donors (Lipinski definition) is 1. The molecule has 0 saturated heterocycles. The van der Waals surface area contributed by atoms with Crippen molar-refractivity contribution >= 4 is 11.8 Å². The SMILES string of the molecule is CC(=O)N(CC(=O)NCc1ccncc1)Cc1ccccc1F. The molecule has 1 aromatic heterocycles. The molecule has 1 aromatic carbocycles. The Bertz CT molecular complexity index is 677. The Morgan fingerprint density at radius 1 is 1.17 bits per heavy atom. The molecule has 0 atom stereocenters. The van der Waals surface area contributed by atoms with Crippen LogP contribution in [0.3, 0.4) is 0 Å². The lowest BCUT2D eigenvalue weighted by Crippen LogP contribution is -2.39. The molecule has 0 spiro atoms. The van der Waals surface area contributed by atoms with E-state index in [1.54, 1.807) is 42.7 Å². The van der Waals surface area contributed by atoms with E-state index in [4.69, 9.17) is 0 Å². The highest BCUT2D eigenvalue weighted by Gasteiger charge is 2.15. The van der Waals surface area contributed by atoms with Gasteiger partial charge in [0.05, 0.1) is 6.54 Å². The highest BCUT2D eigenvalue weighted by Crippen LogP contribution is 2.10. The number of carbonyl (C=O) groups is 2. The van der Waals surface area contributed by atoms with Gasteiger partial charge in [-0.3, -0.25) is 14.6 Å². The molecule has 0 fully saturated rings. The number of benzene rings is 1. The van der Waals surface area contributed by atoms with Crippen LogP contribution < -0.4 is 5.32 Å². The lowest BCUT2D eigenvalue weighted by molar-refractivity contribution is -0.135. The standard InChI is InChI=1S/C17H18FN3O2/c1-13(22)21(11-15-4-2-3-5-16(15)18)12-17(23)20-10-14-6-8-19-9-7-14/h2-9H,10-12H2,1H3,(H,20,23). The summed E-state index contributed by atoms with van der Waals surface area (Å²) in [5.74, 6) is -0.975. The minimum absolute atomic E-state index is 0.0602.